The molecule has 1 aromatic heterocycles. The molecule has 0 unspecified atom stereocenters. The zero-order chi connectivity index (χ0) is 18.4. The van der Waals surface area contributed by atoms with Crippen molar-refractivity contribution in [2.75, 3.05) is 23.7 Å². The van der Waals surface area contributed by atoms with Crippen LogP contribution in [0.5, 0.6) is 0 Å². The number of carbonyl (C=O) groups excluding carboxylic acids is 1. The average Bonchev–Trinajstić information content (AvgIpc) is 2.74. The van der Waals surface area contributed by atoms with Crippen molar-refractivity contribution in [3.63, 3.8) is 0 Å². The predicted molar refractivity (Wildman–Crippen MR) is 92.4 cm³/mol. The molecule has 2 bridgehead atoms. The summed E-state index contributed by atoms with van der Waals surface area (Å²) in [7, 11) is 0. The van der Waals surface area contributed by atoms with E-state index in [0.29, 0.717) is 18.9 Å². The first-order chi connectivity index (χ1) is 11.7. The molecule has 3 rings (SSSR count). The van der Waals surface area contributed by atoms with Crippen LogP contribution in [0.4, 0.5) is 22.1 Å². The fraction of sp³-hybridized carbons (Fsp3) is 0.625. The van der Waals surface area contributed by atoms with E-state index in [-0.39, 0.29) is 29.7 Å². The van der Waals surface area contributed by atoms with Crippen LogP contribution in [-0.2, 0) is 4.74 Å². The Bertz CT molecular complexity index is 688. The van der Waals surface area contributed by atoms with Gasteiger partial charge in [-0.15, -0.1) is 0 Å². The normalized spacial score (nSPS) is 22.8. The van der Waals surface area contributed by atoms with Gasteiger partial charge in [0, 0.05) is 31.2 Å². The highest BCUT2D eigenvalue weighted by atomic mass is 16.6. The highest BCUT2D eigenvalue weighted by molar-refractivity contribution is 5.69. The monoisotopic (exact) mass is 349 g/mol. The van der Waals surface area contributed by atoms with E-state index in [1.165, 1.54) is 6.07 Å². The first-order valence-corrected chi connectivity index (χ1v) is 8.33. The Kier molecular flexibility index (Phi) is 4.18. The molecular formula is C16H23N5O4. The van der Waals surface area contributed by atoms with Gasteiger partial charge in [0.05, 0.1) is 4.92 Å². The van der Waals surface area contributed by atoms with Crippen LogP contribution in [0.3, 0.4) is 0 Å². The number of ether oxygens (including phenoxy) is 1. The number of hydrogen-bond acceptors (Lipinski definition) is 7. The maximum absolute atomic E-state index is 12.3. The van der Waals surface area contributed by atoms with Gasteiger partial charge < -0.3 is 20.3 Å². The number of pyridine rings is 1. The molecular weight excluding hydrogens is 326 g/mol. The molecule has 0 spiro atoms. The van der Waals surface area contributed by atoms with E-state index in [1.807, 2.05) is 20.8 Å². The van der Waals surface area contributed by atoms with E-state index in [1.54, 1.807) is 11.0 Å². The molecule has 2 N–H and O–H groups in total. The van der Waals surface area contributed by atoms with Crippen LogP contribution in [0.1, 0.15) is 33.6 Å². The van der Waals surface area contributed by atoms with Crippen molar-refractivity contribution in [3.05, 3.63) is 22.2 Å². The molecule has 9 heteroatoms. The van der Waals surface area contributed by atoms with Gasteiger partial charge in [0.1, 0.15) is 11.4 Å². The zero-order valence-electron chi connectivity index (χ0n) is 14.6. The summed E-state index contributed by atoms with van der Waals surface area (Å²) in [6, 6.07) is 3.24. The molecule has 1 aromatic rings. The van der Waals surface area contributed by atoms with Gasteiger partial charge in [-0.25, -0.2) is 9.78 Å². The van der Waals surface area contributed by atoms with Gasteiger partial charge in [-0.1, -0.05) is 0 Å². The molecule has 2 atom stereocenters. The van der Waals surface area contributed by atoms with E-state index in [4.69, 9.17) is 10.5 Å². The zero-order valence-corrected chi connectivity index (χ0v) is 14.6. The number of fused-ring (bicyclic) bond motifs is 2. The average molecular weight is 349 g/mol. The quantitative estimate of drug-likeness (QED) is 0.642. The van der Waals surface area contributed by atoms with Crippen molar-refractivity contribution in [1.29, 1.82) is 0 Å². The fourth-order valence-electron chi connectivity index (χ4n) is 3.51. The number of nitrogen functional groups attached to an aromatic ring is 1. The summed E-state index contributed by atoms with van der Waals surface area (Å²) >= 11 is 0. The number of anilines is 2. The third kappa shape index (κ3) is 3.45. The molecule has 2 saturated heterocycles. The second kappa shape index (κ2) is 6.05. The SMILES string of the molecule is CC(C)(C)OC(=O)N1C[C@H]2CC[C@@H](C1)N2c1ccc([N+](=O)[O-])c(N)n1. The summed E-state index contributed by atoms with van der Waals surface area (Å²) in [4.78, 5) is 30.8. The van der Waals surface area contributed by atoms with Crippen molar-refractivity contribution in [3.8, 4) is 0 Å². The molecule has 1 amide bonds. The number of piperazine rings is 1. The second-order valence-corrected chi connectivity index (χ2v) is 7.51. The summed E-state index contributed by atoms with van der Waals surface area (Å²) in [5, 5.41) is 10.9. The topological polar surface area (TPSA) is 115 Å². The number of carbonyl (C=O) groups is 1. The number of likely N-dealkylation sites (tertiary alicyclic amines) is 1. The molecule has 9 nitrogen and oxygen atoms in total. The highest BCUT2D eigenvalue weighted by Gasteiger charge is 2.43. The molecule has 0 aliphatic carbocycles. The second-order valence-electron chi connectivity index (χ2n) is 7.51. The molecule has 136 valence electrons. The number of nitro groups is 1. The summed E-state index contributed by atoms with van der Waals surface area (Å²) in [5.41, 5.74) is 5.00. The first-order valence-electron chi connectivity index (χ1n) is 8.33. The van der Waals surface area contributed by atoms with Crippen molar-refractivity contribution in [1.82, 2.24) is 9.88 Å². The van der Waals surface area contributed by atoms with E-state index in [2.05, 4.69) is 9.88 Å². The number of amides is 1. The minimum absolute atomic E-state index is 0.0866. The van der Waals surface area contributed by atoms with Crippen LogP contribution in [0.15, 0.2) is 12.1 Å². The maximum Gasteiger partial charge on any atom is 0.410 e. The van der Waals surface area contributed by atoms with Gasteiger partial charge >= 0.3 is 11.8 Å². The van der Waals surface area contributed by atoms with E-state index in [9.17, 15) is 14.9 Å². The van der Waals surface area contributed by atoms with Crippen LogP contribution in [0.25, 0.3) is 0 Å². The van der Waals surface area contributed by atoms with E-state index < -0.39 is 10.5 Å². The van der Waals surface area contributed by atoms with Crippen LogP contribution in [0.2, 0.25) is 0 Å². The summed E-state index contributed by atoms with van der Waals surface area (Å²) in [5.74, 6) is 0.538. The van der Waals surface area contributed by atoms with Crippen LogP contribution in [0, 0.1) is 10.1 Å². The molecule has 2 aliphatic rings. The molecule has 0 radical (unpaired) electrons. The Hall–Kier alpha value is -2.58. The summed E-state index contributed by atoms with van der Waals surface area (Å²) in [6.45, 7) is 6.63. The molecule has 0 aromatic carbocycles. The highest BCUT2D eigenvalue weighted by Crippen LogP contribution is 2.35. The lowest BCUT2D eigenvalue weighted by Gasteiger charge is -2.41. The number of aromatic nitrogens is 1. The van der Waals surface area contributed by atoms with Gasteiger partial charge in [0.2, 0.25) is 5.82 Å². The Morgan fingerprint density at radius 1 is 1.32 bits per heavy atom. The molecule has 3 heterocycles. The van der Waals surface area contributed by atoms with Gasteiger partial charge in [0.25, 0.3) is 0 Å². The molecule has 2 aliphatic heterocycles. The summed E-state index contributed by atoms with van der Waals surface area (Å²) in [6.07, 6.45) is 1.56. The minimum atomic E-state index is -0.541. The standard InChI is InChI=1S/C16H23N5O4/c1-16(2,3)25-15(22)19-8-10-4-5-11(9-19)20(10)13-7-6-12(21(23)24)14(17)18-13/h6-7,10-11H,4-5,8-9H2,1-3H3,(H2,17,18)/t10-,11+. The number of nitrogens with zero attached hydrogens (tertiary/aromatic N) is 4. The van der Waals surface area contributed by atoms with Gasteiger partial charge in [-0.2, -0.15) is 0 Å². The lowest BCUT2D eigenvalue weighted by atomic mass is 10.2. The van der Waals surface area contributed by atoms with Crippen molar-refractivity contribution >= 4 is 23.4 Å². The third-order valence-electron chi connectivity index (χ3n) is 4.48. The lowest BCUT2D eigenvalue weighted by molar-refractivity contribution is -0.384. The Balaban J connectivity index is 1.76. The van der Waals surface area contributed by atoms with Crippen molar-refractivity contribution in [2.24, 2.45) is 0 Å². The van der Waals surface area contributed by atoms with Crippen LogP contribution >= 0.6 is 0 Å². The van der Waals surface area contributed by atoms with Crippen LogP contribution < -0.4 is 10.6 Å². The smallest absolute Gasteiger partial charge is 0.410 e. The minimum Gasteiger partial charge on any atom is -0.444 e. The molecule has 0 saturated carbocycles. The Morgan fingerprint density at radius 2 is 1.92 bits per heavy atom. The number of nitrogens with two attached hydrogens (primary N) is 1. The van der Waals surface area contributed by atoms with E-state index >= 15 is 0 Å². The largest absolute Gasteiger partial charge is 0.444 e. The number of rotatable bonds is 2. The molecule has 25 heavy (non-hydrogen) atoms. The van der Waals surface area contributed by atoms with Crippen LogP contribution in [-0.4, -0.2) is 51.7 Å². The lowest BCUT2D eigenvalue weighted by Crippen LogP contribution is -2.56. The van der Waals surface area contributed by atoms with E-state index in [0.717, 1.165) is 12.8 Å². The first kappa shape index (κ1) is 17.2. The fourth-order valence-corrected chi connectivity index (χ4v) is 3.51. The van der Waals surface area contributed by atoms with Gasteiger partial charge in [-0.3, -0.25) is 10.1 Å². The number of hydrogen-bond donors (Lipinski definition) is 1. The van der Waals surface area contributed by atoms with Crippen molar-refractivity contribution in [2.45, 2.75) is 51.3 Å². The van der Waals surface area contributed by atoms with Gasteiger partial charge in [-0.05, 0) is 39.7 Å². The third-order valence-corrected chi connectivity index (χ3v) is 4.48. The molecule has 2 fully saturated rings. The predicted octanol–water partition coefficient (Wildman–Crippen LogP) is 2.16. The van der Waals surface area contributed by atoms with Gasteiger partial charge in [0.15, 0.2) is 0 Å². The Morgan fingerprint density at radius 3 is 2.40 bits per heavy atom. The summed E-state index contributed by atoms with van der Waals surface area (Å²) < 4.78 is 5.46. The maximum atomic E-state index is 12.3. The Labute approximate surface area is 145 Å². The van der Waals surface area contributed by atoms with Crippen molar-refractivity contribution < 1.29 is 14.5 Å².